The Morgan fingerprint density at radius 3 is 2.86 bits per heavy atom. The molecule has 0 radical (unpaired) electrons. The summed E-state index contributed by atoms with van der Waals surface area (Å²) in [5.41, 5.74) is 2.00. The molecule has 0 atom stereocenters. The zero-order valence-electron chi connectivity index (χ0n) is 11.5. The number of nitrogens with one attached hydrogen (secondary N) is 1. The lowest BCUT2D eigenvalue weighted by Crippen LogP contribution is -2.30. The van der Waals surface area contributed by atoms with E-state index in [0.29, 0.717) is 27.3 Å². The van der Waals surface area contributed by atoms with Gasteiger partial charge in [0.2, 0.25) is 0 Å². The highest BCUT2D eigenvalue weighted by Crippen LogP contribution is 2.31. The molecule has 2 heterocycles. The van der Waals surface area contributed by atoms with Gasteiger partial charge in [-0.3, -0.25) is 9.69 Å². The summed E-state index contributed by atoms with van der Waals surface area (Å²) in [6.07, 6.45) is 1.77. The molecule has 0 bridgehead atoms. The Balaban J connectivity index is 1.93. The first-order valence-corrected chi connectivity index (χ1v) is 8.06. The van der Waals surface area contributed by atoms with Gasteiger partial charge in [0.25, 0.3) is 5.91 Å². The molecule has 0 aliphatic carbocycles. The van der Waals surface area contributed by atoms with E-state index in [1.807, 2.05) is 16.8 Å². The Morgan fingerprint density at radius 2 is 2.23 bits per heavy atom. The van der Waals surface area contributed by atoms with Crippen molar-refractivity contribution in [1.29, 1.82) is 0 Å². The molecule has 4 nitrogen and oxygen atoms in total. The van der Waals surface area contributed by atoms with E-state index in [1.165, 1.54) is 12.0 Å². The Bertz CT molecular complexity index is 772. The van der Waals surface area contributed by atoms with Crippen molar-refractivity contribution >= 4 is 57.9 Å². The molecule has 0 spiro atoms. The summed E-state index contributed by atoms with van der Waals surface area (Å²) in [5.74, 6) is 0.336. The van der Waals surface area contributed by atoms with Crippen LogP contribution in [0.25, 0.3) is 6.08 Å². The molecule has 0 saturated carbocycles. The van der Waals surface area contributed by atoms with Crippen molar-refractivity contribution in [2.24, 2.45) is 0 Å². The quantitative estimate of drug-likeness (QED) is 0.677. The van der Waals surface area contributed by atoms with Crippen molar-refractivity contribution in [2.45, 2.75) is 0 Å². The average molecular weight is 351 g/mol. The molecular formula is C15H11ClN2O2S2. The number of nitrogens with zero attached hydrogens (tertiary/aromatic N) is 1. The van der Waals surface area contributed by atoms with Crippen LogP contribution in [0.2, 0.25) is 5.02 Å². The minimum Gasteiger partial charge on any atom is -0.495 e. The fourth-order valence-electron chi connectivity index (χ4n) is 2.09. The van der Waals surface area contributed by atoms with Crippen molar-refractivity contribution in [3.8, 4) is 5.75 Å². The van der Waals surface area contributed by atoms with Gasteiger partial charge in [-0.05, 0) is 58.9 Å². The number of halogens is 1. The topological polar surface area (TPSA) is 41.6 Å². The molecule has 2 aromatic rings. The predicted molar refractivity (Wildman–Crippen MR) is 93.5 cm³/mol. The lowest BCUT2D eigenvalue weighted by Gasteiger charge is -2.15. The summed E-state index contributed by atoms with van der Waals surface area (Å²) in [7, 11) is 1.54. The third-order valence-electron chi connectivity index (χ3n) is 3.13. The van der Waals surface area contributed by atoms with Crippen LogP contribution in [0.5, 0.6) is 5.75 Å². The SMILES string of the molecule is COc1ccc(N2C(=O)/C(=C/c3ccsc3)NC2=S)cc1Cl. The van der Waals surface area contributed by atoms with Crippen LogP contribution in [0.1, 0.15) is 5.56 Å². The molecule has 7 heteroatoms. The number of rotatable bonds is 3. The number of hydrogen-bond acceptors (Lipinski definition) is 4. The number of amides is 1. The zero-order chi connectivity index (χ0) is 15.7. The van der Waals surface area contributed by atoms with Crippen molar-refractivity contribution in [3.63, 3.8) is 0 Å². The molecular weight excluding hydrogens is 340 g/mol. The van der Waals surface area contributed by atoms with Gasteiger partial charge in [-0.25, -0.2) is 0 Å². The minimum absolute atomic E-state index is 0.211. The Labute approximate surface area is 142 Å². The van der Waals surface area contributed by atoms with Gasteiger partial charge in [-0.2, -0.15) is 11.3 Å². The second kappa shape index (κ2) is 6.08. The van der Waals surface area contributed by atoms with Crippen LogP contribution in [0.4, 0.5) is 5.69 Å². The molecule has 0 unspecified atom stereocenters. The number of carbonyl (C=O) groups excluding carboxylic acids is 1. The number of thiophene rings is 1. The number of thiocarbonyl (C=S) groups is 1. The normalized spacial score (nSPS) is 16.3. The Kier molecular flexibility index (Phi) is 4.15. The highest BCUT2D eigenvalue weighted by molar-refractivity contribution is 7.80. The van der Waals surface area contributed by atoms with Gasteiger partial charge in [0.1, 0.15) is 11.4 Å². The summed E-state index contributed by atoms with van der Waals surface area (Å²) < 4.78 is 5.11. The van der Waals surface area contributed by atoms with Crippen LogP contribution in [0, 0.1) is 0 Å². The van der Waals surface area contributed by atoms with Crippen molar-refractivity contribution in [3.05, 3.63) is 51.3 Å². The molecule has 1 aliphatic heterocycles. The Hall–Kier alpha value is -1.89. The third kappa shape index (κ3) is 2.72. The van der Waals surface area contributed by atoms with Crippen LogP contribution in [-0.2, 0) is 4.79 Å². The van der Waals surface area contributed by atoms with Crippen LogP contribution >= 0.6 is 35.2 Å². The third-order valence-corrected chi connectivity index (χ3v) is 4.41. The van der Waals surface area contributed by atoms with E-state index >= 15 is 0 Å². The number of ether oxygens (including phenoxy) is 1. The van der Waals surface area contributed by atoms with Crippen molar-refractivity contribution in [2.75, 3.05) is 12.0 Å². The van der Waals surface area contributed by atoms with Crippen molar-refractivity contribution < 1.29 is 9.53 Å². The molecule has 1 fully saturated rings. The fraction of sp³-hybridized carbons (Fsp3) is 0.0667. The summed E-state index contributed by atoms with van der Waals surface area (Å²) >= 11 is 12.9. The number of benzene rings is 1. The first-order valence-electron chi connectivity index (χ1n) is 6.33. The summed E-state index contributed by atoms with van der Waals surface area (Å²) in [6.45, 7) is 0. The van der Waals surface area contributed by atoms with Gasteiger partial charge in [0, 0.05) is 0 Å². The molecule has 112 valence electrons. The fourth-order valence-corrected chi connectivity index (χ4v) is 3.26. The van der Waals surface area contributed by atoms with E-state index in [2.05, 4.69) is 5.32 Å². The number of carbonyl (C=O) groups is 1. The molecule has 22 heavy (non-hydrogen) atoms. The molecule has 1 saturated heterocycles. The van der Waals surface area contributed by atoms with Gasteiger partial charge in [0.15, 0.2) is 5.11 Å². The molecule has 1 aromatic carbocycles. The number of anilines is 1. The maximum atomic E-state index is 12.5. The summed E-state index contributed by atoms with van der Waals surface area (Å²) in [4.78, 5) is 14.0. The van der Waals surface area contributed by atoms with Crippen LogP contribution in [0.15, 0.2) is 40.7 Å². The van der Waals surface area contributed by atoms with Gasteiger partial charge in [-0.1, -0.05) is 11.6 Å². The lowest BCUT2D eigenvalue weighted by atomic mass is 10.2. The predicted octanol–water partition coefficient (Wildman–Crippen LogP) is 3.67. The van der Waals surface area contributed by atoms with E-state index in [4.69, 9.17) is 28.6 Å². The molecule has 1 N–H and O–H groups in total. The summed E-state index contributed by atoms with van der Waals surface area (Å²) in [5, 5.41) is 7.59. The molecule has 3 rings (SSSR count). The Morgan fingerprint density at radius 1 is 1.41 bits per heavy atom. The number of methoxy groups -OCH3 is 1. The number of hydrogen-bond donors (Lipinski definition) is 1. The lowest BCUT2D eigenvalue weighted by molar-refractivity contribution is -0.113. The maximum Gasteiger partial charge on any atom is 0.281 e. The second-order valence-corrected chi connectivity index (χ2v) is 6.08. The van der Waals surface area contributed by atoms with Crippen LogP contribution < -0.4 is 15.0 Å². The van der Waals surface area contributed by atoms with Gasteiger partial charge >= 0.3 is 0 Å². The van der Waals surface area contributed by atoms with E-state index in [9.17, 15) is 4.79 Å². The maximum absolute atomic E-state index is 12.5. The van der Waals surface area contributed by atoms with Gasteiger partial charge < -0.3 is 10.1 Å². The minimum atomic E-state index is -0.211. The smallest absolute Gasteiger partial charge is 0.281 e. The molecule has 1 aromatic heterocycles. The van der Waals surface area contributed by atoms with Crippen LogP contribution in [-0.4, -0.2) is 18.1 Å². The van der Waals surface area contributed by atoms with Gasteiger partial charge in [-0.15, -0.1) is 0 Å². The van der Waals surface area contributed by atoms with E-state index in [-0.39, 0.29) is 5.91 Å². The van der Waals surface area contributed by atoms with E-state index in [1.54, 1.807) is 35.6 Å². The summed E-state index contributed by atoms with van der Waals surface area (Å²) in [6, 6.07) is 7.03. The van der Waals surface area contributed by atoms with Crippen molar-refractivity contribution in [1.82, 2.24) is 5.32 Å². The standard InChI is InChI=1S/C15H11ClN2O2S2/c1-20-13-3-2-10(7-11(13)16)18-14(19)12(17-15(18)21)6-9-4-5-22-8-9/h2-8H,1H3,(H,17,21)/b12-6-. The second-order valence-electron chi connectivity index (χ2n) is 4.50. The zero-order valence-corrected chi connectivity index (χ0v) is 13.9. The van der Waals surface area contributed by atoms with Gasteiger partial charge in [0.05, 0.1) is 17.8 Å². The van der Waals surface area contributed by atoms with E-state index in [0.717, 1.165) is 5.56 Å². The monoisotopic (exact) mass is 350 g/mol. The first-order chi connectivity index (χ1) is 10.6. The average Bonchev–Trinajstić information content (AvgIpc) is 3.08. The largest absolute Gasteiger partial charge is 0.495 e. The first kappa shape index (κ1) is 15.0. The highest BCUT2D eigenvalue weighted by atomic mass is 35.5. The molecule has 1 aliphatic rings. The van der Waals surface area contributed by atoms with Crippen LogP contribution in [0.3, 0.4) is 0 Å². The molecule has 1 amide bonds. The van der Waals surface area contributed by atoms with E-state index < -0.39 is 0 Å². The highest BCUT2D eigenvalue weighted by Gasteiger charge is 2.32.